The summed E-state index contributed by atoms with van der Waals surface area (Å²) in [5, 5.41) is 0. The predicted molar refractivity (Wildman–Crippen MR) is 70.4 cm³/mol. The van der Waals surface area contributed by atoms with Gasteiger partial charge < -0.3 is 0 Å². The molecular weight excluding hydrogens is 212 g/mol. The van der Waals surface area contributed by atoms with Gasteiger partial charge in [-0.2, -0.15) is 0 Å². The van der Waals surface area contributed by atoms with Gasteiger partial charge in [0, 0.05) is 16.2 Å². The van der Waals surface area contributed by atoms with E-state index in [1.54, 1.807) is 0 Å². The Labute approximate surface area is 101 Å². The van der Waals surface area contributed by atoms with Gasteiger partial charge in [0.15, 0.2) is 0 Å². The van der Waals surface area contributed by atoms with E-state index in [-0.39, 0.29) is 0 Å². The highest BCUT2D eigenvalue weighted by atomic mass is 32.2. The molecule has 0 bridgehead atoms. The van der Waals surface area contributed by atoms with Crippen LogP contribution in [0.3, 0.4) is 0 Å². The molecule has 16 heavy (non-hydrogen) atoms. The maximum Gasteiger partial charge on any atom is 0.0283 e. The number of hydrogen-bond acceptors (Lipinski definition) is 1. The van der Waals surface area contributed by atoms with Crippen molar-refractivity contribution in [2.24, 2.45) is 0 Å². The van der Waals surface area contributed by atoms with Crippen LogP contribution in [0.25, 0.3) is 0 Å². The molecule has 0 amide bonds. The Kier molecular flexibility index (Phi) is 3.69. The highest BCUT2D eigenvalue weighted by Gasteiger charge is 1.99. The van der Waals surface area contributed by atoms with Crippen molar-refractivity contribution in [2.75, 3.05) is 0 Å². The summed E-state index contributed by atoms with van der Waals surface area (Å²) >= 11 is 1.81. The van der Waals surface area contributed by atoms with E-state index < -0.39 is 0 Å². The molecule has 0 unspecified atom stereocenters. The quantitative estimate of drug-likeness (QED) is 0.561. The van der Waals surface area contributed by atoms with E-state index in [0.29, 0.717) is 0 Å². The van der Waals surface area contributed by atoms with Crippen LogP contribution in [0.1, 0.15) is 11.1 Å². The summed E-state index contributed by atoms with van der Waals surface area (Å²) in [5.41, 5.74) is 2.21. The summed E-state index contributed by atoms with van der Waals surface area (Å²) < 4.78 is 0. The Morgan fingerprint density at radius 3 is 2.38 bits per heavy atom. The molecule has 78 valence electrons. The van der Waals surface area contributed by atoms with Crippen LogP contribution < -0.4 is 0 Å². The summed E-state index contributed by atoms with van der Waals surface area (Å²) in [6.07, 6.45) is 5.46. The summed E-state index contributed by atoms with van der Waals surface area (Å²) in [5.74, 6) is 3.64. The second kappa shape index (κ2) is 5.44. The molecule has 0 N–H and O–H groups in total. The van der Waals surface area contributed by atoms with E-state index in [1.807, 2.05) is 36.0 Å². The molecule has 2 rings (SSSR count). The van der Waals surface area contributed by atoms with Gasteiger partial charge in [0.1, 0.15) is 0 Å². The molecule has 0 spiro atoms. The number of thioether (sulfide) groups is 1. The zero-order valence-corrected chi connectivity index (χ0v) is 9.71. The second-order valence-corrected chi connectivity index (χ2v) is 4.45. The minimum absolute atomic E-state index is 0.921. The standard InChI is InChI=1S/C15H12S/c1-2-13-8-6-7-9-14(13)12-16-15-10-4-3-5-11-15/h1,3-11H,12H2. The molecule has 0 aliphatic carbocycles. The smallest absolute Gasteiger partial charge is 0.0283 e. The van der Waals surface area contributed by atoms with E-state index in [9.17, 15) is 0 Å². The number of terminal acetylenes is 1. The second-order valence-electron chi connectivity index (χ2n) is 3.40. The zero-order valence-electron chi connectivity index (χ0n) is 8.89. The molecular formula is C15H12S. The Morgan fingerprint density at radius 2 is 1.62 bits per heavy atom. The molecule has 0 aliphatic rings. The molecule has 0 radical (unpaired) electrons. The lowest BCUT2D eigenvalue weighted by Gasteiger charge is -2.04. The van der Waals surface area contributed by atoms with Crippen molar-refractivity contribution in [3.63, 3.8) is 0 Å². The first-order valence-corrected chi connectivity index (χ1v) is 6.11. The van der Waals surface area contributed by atoms with Crippen molar-refractivity contribution < 1.29 is 0 Å². The average Bonchev–Trinajstić information content (AvgIpc) is 2.38. The van der Waals surface area contributed by atoms with Gasteiger partial charge in [-0.25, -0.2) is 0 Å². The molecule has 0 aliphatic heterocycles. The van der Waals surface area contributed by atoms with Crippen LogP contribution in [0, 0.1) is 12.3 Å². The van der Waals surface area contributed by atoms with Crippen molar-refractivity contribution in [1.29, 1.82) is 0 Å². The SMILES string of the molecule is C#Cc1ccccc1CSc1ccccc1. The predicted octanol–water partition coefficient (Wildman–Crippen LogP) is 3.96. The van der Waals surface area contributed by atoms with Gasteiger partial charge in [-0.05, 0) is 23.8 Å². The first-order valence-electron chi connectivity index (χ1n) is 5.12. The zero-order chi connectivity index (χ0) is 11.2. The van der Waals surface area contributed by atoms with Gasteiger partial charge in [-0.1, -0.05) is 42.3 Å². The van der Waals surface area contributed by atoms with Crippen LogP contribution >= 0.6 is 11.8 Å². The highest BCUT2D eigenvalue weighted by molar-refractivity contribution is 7.98. The third-order valence-corrected chi connectivity index (χ3v) is 3.37. The lowest BCUT2D eigenvalue weighted by Crippen LogP contribution is -1.86. The molecule has 0 saturated carbocycles. The summed E-state index contributed by atoms with van der Waals surface area (Å²) in [4.78, 5) is 1.27. The number of benzene rings is 2. The average molecular weight is 224 g/mol. The molecule has 0 nitrogen and oxygen atoms in total. The minimum atomic E-state index is 0.921. The van der Waals surface area contributed by atoms with Gasteiger partial charge >= 0.3 is 0 Å². The van der Waals surface area contributed by atoms with Crippen molar-refractivity contribution in [3.8, 4) is 12.3 Å². The van der Waals surface area contributed by atoms with Gasteiger partial charge in [0.2, 0.25) is 0 Å². The van der Waals surface area contributed by atoms with Crippen LogP contribution in [0.4, 0.5) is 0 Å². The van der Waals surface area contributed by atoms with E-state index in [4.69, 9.17) is 6.42 Å². The number of hydrogen-bond donors (Lipinski definition) is 0. The fourth-order valence-corrected chi connectivity index (χ4v) is 2.39. The number of rotatable bonds is 3. The topological polar surface area (TPSA) is 0 Å². The van der Waals surface area contributed by atoms with Crippen molar-refractivity contribution in [3.05, 3.63) is 65.7 Å². The third kappa shape index (κ3) is 2.68. The maximum absolute atomic E-state index is 5.46. The Balaban J connectivity index is 2.09. The normalized spacial score (nSPS) is 9.69. The van der Waals surface area contributed by atoms with Crippen LogP contribution in [-0.2, 0) is 5.75 Å². The van der Waals surface area contributed by atoms with Crippen molar-refractivity contribution in [1.82, 2.24) is 0 Å². The first kappa shape index (κ1) is 10.9. The van der Waals surface area contributed by atoms with Crippen molar-refractivity contribution >= 4 is 11.8 Å². The van der Waals surface area contributed by atoms with Crippen LogP contribution in [0.5, 0.6) is 0 Å². The molecule has 0 atom stereocenters. The summed E-state index contributed by atoms with van der Waals surface area (Å²) in [6.45, 7) is 0. The fourth-order valence-electron chi connectivity index (χ4n) is 1.46. The van der Waals surface area contributed by atoms with Crippen LogP contribution in [0.15, 0.2) is 59.5 Å². The lowest BCUT2D eigenvalue weighted by molar-refractivity contribution is 1.36. The van der Waals surface area contributed by atoms with E-state index in [1.165, 1.54) is 10.5 Å². The van der Waals surface area contributed by atoms with Gasteiger partial charge in [0.05, 0.1) is 0 Å². The molecule has 2 aromatic carbocycles. The minimum Gasteiger partial charge on any atom is -0.121 e. The largest absolute Gasteiger partial charge is 0.121 e. The van der Waals surface area contributed by atoms with Gasteiger partial charge in [-0.15, -0.1) is 18.2 Å². The molecule has 0 fully saturated rings. The Morgan fingerprint density at radius 1 is 0.938 bits per heavy atom. The molecule has 0 heterocycles. The Bertz CT molecular complexity index is 494. The van der Waals surface area contributed by atoms with Crippen molar-refractivity contribution in [2.45, 2.75) is 10.6 Å². The molecule has 1 heteroatoms. The molecule has 2 aromatic rings. The first-order chi connectivity index (χ1) is 7.90. The maximum atomic E-state index is 5.46. The highest BCUT2D eigenvalue weighted by Crippen LogP contribution is 2.23. The Hall–Kier alpha value is -1.65. The summed E-state index contributed by atoms with van der Waals surface area (Å²) in [7, 11) is 0. The van der Waals surface area contributed by atoms with Crippen LogP contribution in [0.2, 0.25) is 0 Å². The van der Waals surface area contributed by atoms with Gasteiger partial charge in [-0.3, -0.25) is 0 Å². The van der Waals surface area contributed by atoms with Gasteiger partial charge in [0.25, 0.3) is 0 Å². The third-order valence-electron chi connectivity index (χ3n) is 2.31. The monoisotopic (exact) mass is 224 g/mol. The summed E-state index contributed by atoms with van der Waals surface area (Å²) in [6, 6.07) is 18.4. The lowest BCUT2D eigenvalue weighted by atomic mass is 10.1. The molecule has 0 aromatic heterocycles. The fraction of sp³-hybridized carbons (Fsp3) is 0.0667. The van der Waals surface area contributed by atoms with E-state index in [2.05, 4.69) is 36.3 Å². The van der Waals surface area contributed by atoms with E-state index >= 15 is 0 Å². The van der Waals surface area contributed by atoms with E-state index in [0.717, 1.165) is 11.3 Å². The van der Waals surface area contributed by atoms with Crippen LogP contribution in [-0.4, -0.2) is 0 Å². The molecule has 0 saturated heterocycles.